The van der Waals surface area contributed by atoms with Gasteiger partial charge in [-0.25, -0.2) is 0 Å². The number of alkyl halides is 3. The van der Waals surface area contributed by atoms with Gasteiger partial charge < -0.3 is 19.3 Å². The highest BCUT2D eigenvalue weighted by Crippen LogP contribution is 2.33. The summed E-state index contributed by atoms with van der Waals surface area (Å²) in [5, 5.41) is 10.9. The highest BCUT2D eigenvalue weighted by molar-refractivity contribution is 5.79. The van der Waals surface area contributed by atoms with Crippen molar-refractivity contribution in [2.75, 3.05) is 31.3 Å². The Morgan fingerprint density at radius 2 is 1.88 bits per heavy atom. The third-order valence-electron chi connectivity index (χ3n) is 6.17. The van der Waals surface area contributed by atoms with Gasteiger partial charge in [0.15, 0.2) is 17.1 Å². The SMILES string of the molecule is CCN(Cc1ccc2c(c1)OCO2)C(=O)C1CCN(c2ccc3nnc(C(F)(F)F)n3n2)CC1. The highest BCUT2D eigenvalue weighted by Gasteiger charge is 2.38. The molecule has 0 spiro atoms. The molecule has 4 heterocycles. The quantitative estimate of drug-likeness (QED) is 0.559. The summed E-state index contributed by atoms with van der Waals surface area (Å²) in [4.78, 5) is 16.9. The normalized spacial score (nSPS) is 16.3. The summed E-state index contributed by atoms with van der Waals surface area (Å²) in [6.07, 6.45) is -3.47. The van der Waals surface area contributed by atoms with Crippen LogP contribution in [-0.2, 0) is 17.5 Å². The number of hydrogen-bond donors (Lipinski definition) is 0. The first kappa shape index (κ1) is 22.2. The van der Waals surface area contributed by atoms with E-state index in [2.05, 4.69) is 15.3 Å². The third kappa shape index (κ3) is 4.19. The Balaban J connectivity index is 1.24. The number of amides is 1. The summed E-state index contributed by atoms with van der Waals surface area (Å²) in [6.45, 7) is 4.21. The van der Waals surface area contributed by atoms with E-state index in [-0.39, 0.29) is 24.3 Å². The number of fused-ring (bicyclic) bond motifs is 2. The van der Waals surface area contributed by atoms with E-state index in [4.69, 9.17) is 9.47 Å². The third-order valence-corrected chi connectivity index (χ3v) is 6.17. The Hall–Kier alpha value is -3.57. The molecule has 1 amide bonds. The summed E-state index contributed by atoms with van der Waals surface area (Å²) in [7, 11) is 0. The minimum atomic E-state index is -4.65. The van der Waals surface area contributed by atoms with E-state index in [0.717, 1.165) is 10.1 Å². The standard InChI is InChI=1S/C22H23F3N6O3/c1-2-29(12-14-3-4-16-17(11-14)34-13-33-16)20(32)15-7-9-30(10-8-15)19-6-5-18-26-27-21(22(23,24)25)31(18)28-19/h3-6,11,15H,2,7-10,12-13H2,1H3. The molecule has 180 valence electrons. The van der Waals surface area contributed by atoms with Crippen LogP contribution < -0.4 is 14.4 Å². The molecule has 1 fully saturated rings. The van der Waals surface area contributed by atoms with Crippen LogP contribution >= 0.6 is 0 Å². The lowest BCUT2D eigenvalue weighted by Crippen LogP contribution is -2.42. The zero-order chi connectivity index (χ0) is 23.9. The Morgan fingerprint density at radius 3 is 2.62 bits per heavy atom. The number of hydrogen-bond acceptors (Lipinski definition) is 7. The van der Waals surface area contributed by atoms with Gasteiger partial charge in [-0.3, -0.25) is 4.79 Å². The minimum Gasteiger partial charge on any atom is -0.454 e. The van der Waals surface area contributed by atoms with Gasteiger partial charge in [-0.15, -0.1) is 15.3 Å². The second-order valence-electron chi connectivity index (χ2n) is 8.28. The Labute approximate surface area is 193 Å². The second-order valence-corrected chi connectivity index (χ2v) is 8.28. The van der Waals surface area contributed by atoms with Crippen LogP contribution in [0.5, 0.6) is 11.5 Å². The van der Waals surface area contributed by atoms with E-state index in [1.165, 1.54) is 6.07 Å². The van der Waals surface area contributed by atoms with E-state index in [0.29, 0.717) is 56.3 Å². The minimum absolute atomic E-state index is 0.0308. The number of carbonyl (C=O) groups excluding carboxylic acids is 1. The molecule has 0 saturated carbocycles. The molecule has 0 radical (unpaired) electrons. The van der Waals surface area contributed by atoms with Crippen molar-refractivity contribution < 1.29 is 27.4 Å². The van der Waals surface area contributed by atoms with Crippen molar-refractivity contribution in [1.29, 1.82) is 0 Å². The van der Waals surface area contributed by atoms with Crippen LogP contribution in [0.2, 0.25) is 0 Å². The van der Waals surface area contributed by atoms with Crippen molar-refractivity contribution >= 4 is 17.4 Å². The molecular weight excluding hydrogens is 453 g/mol. The molecular formula is C22H23F3N6O3. The lowest BCUT2D eigenvalue weighted by Gasteiger charge is -2.34. The van der Waals surface area contributed by atoms with Gasteiger partial charge in [0.1, 0.15) is 5.82 Å². The van der Waals surface area contributed by atoms with Gasteiger partial charge in [-0.1, -0.05) is 6.07 Å². The van der Waals surface area contributed by atoms with E-state index < -0.39 is 12.0 Å². The van der Waals surface area contributed by atoms with Crippen molar-refractivity contribution in [3.05, 3.63) is 41.7 Å². The summed E-state index contributed by atoms with van der Waals surface area (Å²) in [5.41, 5.74) is 0.993. The van der Waals surface area contributed by atoms with Crippen LogP contribution in [0.1, 0.15) is 31.2 Å². The van der Waals surface area contributed by atoms with Crippen molar-refractivity contribution in [3.8, 4) is 11.5 Å². The summed E-state index contributed by atoms with van der Waals surface area (Å²) < 4.78 is 51.0. The van der Waals surface area contributed by atoms with Crippen molar-refractivity contribution in [2.24, 2.45) is 5.92 Å². The lowest BCUT2D eigenvalue weighted by atomic mass is 9.95. The molecule has 5 rings (SSSR count). The van der Waals surface area contributed by atoms with Crippen LogP contribution in [0, 0.1) is 5.92 Å². The molecule has 1 saturated heterocycles. The molecule has 2 aliphatic rings. The maximum Gasteiger partial charge on any atom is 0.453 e. The molecule has 1 aromatic carbocycles. The number of ether oxygens (including phenoxy) is 2. The van der Waals surface area contributed by atoms with Crippen molar-refractivity contribution in [2.45, 2.75) is 32.5 Å². The predicted octanol–water partition coefficient (Wildman–Crippen LogP) is 3.14. The molecule has 2 aliphatic heterocycles. The Morgan fingerprint density at radius 1 is 1.12 bits per heavy atom. The first-order valence-electron chi connectivity index (χ1n) is 11.1. The summed E-state index contributed by atoms with van der Waals surface area (Å²) in [6, 6.07) is 8.76. The number of nitrogens with zero attached hydrogens (tertiary/aromatic N) is 6. The number of piperidine rings is 1. The zero-order valence-corrected chi connectivity index (χ0v) is 18.5. The predicted molar refractivity (Wildman–Crippen MR) is 114 cm³/mol. The van der Waals surface area contributed by atoms with Crippen LogP contribution in [0.15, 0.2) is 30.3 Å². The molecule has 2 aromatic heterocycles. The number of carbonyl (C=O) groups is 1. The van der Waals surface area contributed by atoms with Gasteiger partial charge in [0, 0.05) is 32.1 Å². The highest BCUT2D eigenvalue weighted by atomic mass is 19.4. The molecule has 0 unspecified atom stereocenters. The maximum atomic E-state index is 13.2. The average molecular weight is 476 g/mol. The molecule has 9 nitrogen and oxygen atoms in total. The van der Waals surface area contributed by atoms with Crippen LogP contribution in [0.3, 0.4) is 0 Å². The largest absolute Gasteiger partial charge is 0.454 e. The molecule has 0 aliphatic carbocycles. The van der Waals surface area contributed by atoms with Crippen LogP contribution in [-0.4, -0.2) is 57.0 Å². The second kappa shape index (κ2) is 8.65. The molecule has 0 atom stereocenters. The molecule has 0 bridgehead atoms. The van der Waals surface area contributed by atoms with E-state index in [1.807, 2.05) is 34.9 Å². The average Bonchev–Trinajstić information content (AvgIpc) is 3.48. The fraction of sp³-hybridized carbons (Fsp3) is 0.455. The van der Waals surface area contributed by atoms with Gasteiger partial charge >= 0.3 is 6.18 Å². The number of benzene rings is 1. The topological polar surface area (TPSA) is 85.1 Å². The first-order chi connectivity index (χ1) is 16.3. The van der Waals surface area contributed by atoms with Gasteiger partial charge in [0.25, 0.3) is 5.82 Å². The van der Waals surface area contributed by atoms with Gasteiger partial charge in [0.05, 0.1) is 0 Å². The fourth-order valence-corrected chi connectivity index (χ4v) is 4.34. The zero-order valence-electron chi connectivity index (χ0n) is 18.5. The van der Waals surface area contributed by atoms with Crippen LogP contribution in [0.25, 0.3) is 5.65 Å². The smallest absolute Gasteiger partial charge is 0.453 e. The summed E-state index contributed by atoms with van der Waals surface area (Å²) in [5.74, 6) is 0.538. The molecule has 3 aromatic rings. The van der Waals surface area contributed by atoms with Crippen LogP contribution in [0.4, 0.5) is 19.0 Å². The van der Waals surface area contributed by atoms with Gasteiger partial charge in [-0.2, -0.15) is 17.7 Å². The fourth-order valence-electron chi connectivity index (χ4n) is 4.34. The Bertz CT molecular complexity index is 1210. The van der Waals surface area contributed by atoms with E-state index in [9.17, 15) is 18.0 Å². The lowest BCUT2D eigenvalue weighted by molar-refractivity contribution is -0.146. The molecule has 34 heavy (non-hydrogen) atoms. The Kier molecular flexibility index (Phi) is 5.66. The number of rotatable bonds is 5. The van der Waals surface area contributed by atoms with Gasteiger partial charge in [0.2, 0.25) is 12.7 Å². The molecule has 12 heteroatoms. The van der Waals surface area contributed by atoms with Crippen molar-refractivity contribution in [1.82, 2.24) is 24.7 Å². The monoisotopic (exact) mass is 476 g/mol. The van der Waals surface area contributed by atoms with Gasteiger partial charge in [-0.05, 0) is 49.6 Å². The number of halogens is 3. The van der Waals surface area contributed by atoms with Crippen molar-refractivity contribution in [3.63, 3.8) is 0 Å². The molecule has 0 N–H and O–H groups in total. The first-order valence-corrected chi connectivity index (χ1v) is 11.1. The van der Waals surface area contributed by atoms with E-state index in [1.54, 1.807) is 6.07 Å². The maximum absolute atomic E-state index is 13.2. The van der Waals surface area contributed by atoms with E-state index >= 15 is 0 Å². The summed E-state index contributed by atoms with van der Waals surface area (Å²) >= 11 is 0. The number of aromatic nitrogens is 4. The number of anilines is 1.